The van der Waals surface area contributed by atoms with Crippen LogP contribution < -0.4 is 0 Å². The molecule has 0 saturated carbocycles. The molecular weight excluding hydrogens is 777 g/mol. The molecule has 0 aliphatic rings. The topological polar surface area (TPSA) is 51.6 Å². The monoisotopic (exact) mass is 840 g/mol. The van der Waals surface area contributed by atoms with E-state index in [1.807, 2.05) is 22.7 Å². The van der Waals surface area contributed by atoms with Crippen LogP contribution in [0.15, 0.2) is 60.7 Å². The minimum Gasteiger partial charge on any atom is -0.249 e. The zero-order chi connectivity index (χ0) is 41.5. The molecule has 0 saturated heterocycles. The van der Waals surface area contributed by atoms with Crippen LogP contribution in [0.2, 0.25) is 0 Å². The summed E-state index contributed by atoms with van der Waals surface area (Å²) in [6.45, 7) is 18.2. The van der Waals surface area contributed by atoms with Crippen molar-refractivity contribution < 1.29 is 0 Å². The standard InChI is InChI=1S/C52H64N4S3/c1-9-15-17-35(11-3)19-21-37-23-25-39(33(7)31-37)43-27-29-45(57-43)47-49-50(54-42(14-6)41(13-5)53-49)48(52-51(47)55-59-56-52)46-30-28-44(58-46)40-26-24-38(32-34(40)8)22-20-36(12-4)18-16-10-2/h23-32,35-36H,9-22H2,1-8H3. The minimum atomic E-state index is 0.824. The molecular formula is C52H64N4S3. The van der Waals surface area contributed by atoms with E-state index in [9.17, 15) is 0 Å². The zero-order valence-electron chi connectivity index (χ0n) is 36.8. The van der Waals surface area contributed by atoms with Crippen LogP contribution in [-0.2, 0) is 25.7 Å². The van der Waals surface area contributed by atoms with Crippen LogP contribution in [0.5, 0.6) is 0 Å². The number of hydrogen-bond donors (Lipinski definition) is 0. The van der Waals surface area contributed by atoms with E-state index in [1.165, 1.54) is 129 Å². The van der Waals surface area contributed by atoms with Gasteiger partial charge in [0.15, 0.2) is 0 Å². The van der Waals surface area contributed by atoms with Crippen molar-refractivity contribution in [3.05, 3.63) is 94.3 Å². The van der Waals surface area contributed by atoms with Gasteiger partial charge in [0.1, 0.15) is 22.1 Å². The van der Waals surface area contributed by atoms with Crippen LogP contribution in [0.25, 0.3) is 63.8 Å². The van der Waals surface area contributed by atoms with Gasteiger partial charge in [0.25, 0.3) is 0 Å². The zero-order valence-corrected chi connectivity index (χ0v) is 39.3. The predicted octanol–water partition coefficient (Wildman–Crippen LogP) is 16.5. The van der Waals surface area contributed by atoms with Gasteiger partial charge in [0.2, 0.25) is 0 Å². The number of fused-ring (bicyclic) bond motifs is 2. The molecule has 59 heavy (non-hydrogen) atoms. The number of benzene rings is 3. The Morgan fingerprint density at radius 3 is 1.29 bits per heavy atom. The fourth-order valence-corrected chi connectivity index (χ4v) is 11.9. The van der Waals surface area contributed by atoms with Crippen molar-refractivity contribution in [1.82, 2.24) is 18.7 Å². The number of nitrogens with zero attached hydrogens (tertiary/aromatic N) is 4. The molecule has 2 atom stereocenters. The fraction of sp³-hybridized carbons (Fsp3) is 0.462. The summed E-state index contributed by atoms with van der Waals surface area (Å²) in [5, 5.41) is 0. The van der Waals surface area contributed by atoms with E-state index in [-0.39, 0.29) is 0 Å². The van der Waals surface area contributed by atoms with Gasteiger partial charge in [-0.2, -0.15) is 8.75 Å². The van der Waals surface area contributed by atoms with Gasteiger partial charge in [0.05, 0.1) is 23.1 Å². The molecule has 0 aliphatic carbocycles. The van der Waals surface area contributed by atoms with Gasteiger partial charge in [-0.05, 0) is 122 Å². The van der Waals surface area contributed by atoms with Gasteiger partial charge in [-0.1, -0.05) is 129 Å². The molecule has 2 unspecified atom stereocenters. The summed E-state index contributed by atoms with van der Waals surface area (Å²) >= 11 is 4.96. The number of rotatable bonds is 20. The Morgan fingerprint density at radius 1 is 0.492 bits per heavy atom. The molecule has 0 fully saturated rings. The third-order valence-electron chi connectivity index (χ3n) is 12.7. The Bertz CT molecular complexity index is 2320. The largest absolute Gasteiger partial charge is 0.249 e. The van der Waals surface area contributed by atoms with E-state index in [0.29, 0.717) is 0 Å². The lowest BCUT2D eigenvalue weighted by Crippen LogP contribution is -2.03. The fourth-order valence-electron chi connectivity index (χ4n) is 9.01. The lowest BCUT2D eigenvalue weighted by atomic mass is 9.91. The van der Waals surface area contributed by atoms with Gasteiger partial charge in [-0.3, -0.25) is 0 Å². The van der Waals surface area contributed by atoms with E-state index >= 15 is 0 Å². The van der Waals surface area contributed by atoms with Crippen LogP contribution in [0.1, 0.15) is 139 Å². The summed E-state index contributed by atoms with van der Waals surface area (Å²) in [6, 6.07) is 23.3. The molecule has 0 amide bonds. The first-order chi connectivity index (χ1) is 28.8. The molecule has 0 bridgehead atoms. The Hall–Kier alpha value is -3.78. The predicted molar refractivity (Wildman–Crippen MR) is 259 cm³/mol. The molecule has 0 N–H and O–H groups in total. The minimum absolute atomic E-state index is 0.824. The van der Waals surface area contributed by atoms with Gasteiger partial charge >= 0.3 is 0 Å². The Labute approximate surface area is 366 Å². The van der Waals surface area contributed by atoms with Crippen molar-refractivity contribution in [2.45, 2.75) is 145 Å². The number of hydrogen-bond acceptors (Lipinski definition) is 7. The third kappa shape index (κ3) is 9.58. The smallest absolute Gasteiger partial charge is 0.116 e. The Morgan fingerprint density at radius 2 is 0.915 bits per heavy atom. The van der Waals surface area contributed by atoms with Gasteiger partial charge in [0, 0.05) is 30.6 Å². The molecule has 0 spiro atoms. The van der Waals surface area contributed by atoms with Crippen LogP contribution in [0.3, 0.4) is 0 Å². The lowest BCUT2D eigenvalue weighted by molar-refractivity contribution is 0.422. The van der Waals surface area contributed by atoms with Crippen LogP contribution >= 0.6 is 34.4 Å². The maximum atomic E-state index is 5.45. The molecule has 7 aromatic rings. The summed E-state index contributed by atoms with van der Waals surface area (Å²) in [5.41, 5.74) is 16.1. The molecule has 4 nitrogen and oxygen atoms in total. The summed E-state index contributed by atoms with van der Waals surface area (Å²) < 4.78 is 10.0. The molecule has 4 heterocycles. The maximum Gasteiger partial charge on any atom is 0.116 e. The van der Waals surface area contributed by atoms with Gasteiger partial charge in [-0.25, -0.2) is 9.97 Å². The Balaban J connectivity index is 1.24. The van der Waals surface area contributed by atoms with E-state index in [2.05, 4.69) is 116 Å². The van der Waals surface area contributed by atoms with Crippen molar-refractivity contribution in [2.75, 3.05) is 0 Å². The quantitative estimate of drug-likeness (QED) is 0.0767. The third-order valence-corrected chi connectivity index (χ3v) is 15.5. The molecule has 7 rings (SSSR count). The summed E-state index contributed by atoms with van der Waals surface area (Å²) in [7, 11) is 0. The first-order valence-electron chi connectivity index (χ1n) is 22.7. The molecule has 3 aromatic carbocycles. The number of aromatic nitrogens is 4. The van der Waals surface area contributed by atoms with Crippen molar-refractivity contribution in [3.8, 4) is 41.8 Å². The first kappa shape index (κ1) is 43.3. The lowest BCUT2D eigenvalue weighted by Gasteiger charge is -2.15. The van der Waals surface area contributed by atoms with Crippen LogP contribution in [-0.4, -0.2) is 18.7 Å². The molecule has 310 valence electrons. The van der Waals surface area contributed by atoms with Gasteiger partial charge in [-0.15, -0.1) is 22.7 Å². The van der Waals surface area contributed by atoms with E-state index < -0.39 is 0 Å². The van der Waals surface area contributed by atoms with E-state index in [0.717, 1.165) is 82.1 Å². The normalized spacial score (nSPS) is 12.9. The van der Waals surface area contributed by atoms with Crippen molar-refractivity contribution in [2.24, 2.45) is 11.8 Å². The van der Waals surface area contributed by atoms with E-state index in [4.69, 9.17) is 18.7 Å². The molecule has 4 aromatic heterocycles. The highest BCUT2D eigenvalue weighted by Gasteiger charge is 2.26. The molecule has 7 heteroatoms. The highest BCUT2D eigenvalue weighted by Crippen LogP contribution is 2.47. The molecule has 0 aliphatic heterocycles. The summed E-state index contributed by atoms with van der Waals surface area (Å²) in [5.74, 6) is 1.65. The summed E-state index contributed by atoms with van der Waals surface area (Å²) in [4.78, 5) is 15.8. The highest BCUT2D eigenvalue weighted by molar-refractivity contribution is 7.19. The SMILES string of the molecule is CCCCC(CC)CCc1ccc(-c2ccc(-c3c4nsnc4c(-c4ccc(-c5ccc(CCC(CC)CCCC)cc5C)s4)c4nc(CC)c(CC)nc34)s2)c(C)c1. The van der Waals surface area contributed by atoms with Crippen molar-refractivity contribution in [1.29, 1.82) is 0 Å². The number of unbranched alkanes of at least 4 members (excludes halogenated alkanes) is 2. The van der Waals surface area contributed by atoms with Crippen LogP contribution in [0, 0.1) is 25.7 Å². The average Bonchev–Trinajstić information content (AvgIpc) is 4.05. The van der Waals surface area contributed by atoms with E-state index in [1.54, 1.807) is 0 Å². The van der Waals surface area contributed by atoms with Crippen molar-refractivity contribution in [3.63, 3.8) is 0 Å². The van der Waals surface area contributed by atoms with Crippen molar-refractivity contribution >= 4 is 56.5 Å². The first-order valence-corrected chi connectivity index (χ1v) is 25.0. The van der Waals surface area contributed by atoms with Crippen LogP contribution in [0.4, 0.5) is 0 Å². The molecule has 0 radical (unpaired) electrons. The maximum absolute atomic E-state index is 5.45. The summed E-state index contributed by atoms with van der Waals surface area (Å²) in [6.07, 6.45) is 17.0. The van der Waals surface area contributed by atoms with Gasteiger partial charge < -0.3 is 0 Å². The second kappa shape index (κ2) is 20.2. The average molecular weight is 841 g/mol. The second-order valence-corrected chi connectivity index (χ2v) is 19.5. The Kier molecular flexibility index (Phi) is 14.8. The number of thiophene rings is 2. The second-order valence-electron chi connectivity index (χ2n) is 16.8. The number of aryl methyl sites for hydroxylation is 6. The highest BCUT2D eigenvalue weighted by atomic mass is 32.1.